The van der Waals surface area contributed by atoms with Gasteiger partial charge in [-0.2, -0.15) is 0 Å². The molecule has 0 unspecified atom stereocenters. The van der Waals surface area contributed by atoms with Crippen LogP contribution in [0.25, 0.3) is 0 Å². The van der Waals surface area contributed by atoms with Crippen LogP contribution in [-0.2, 0) is 16.6 Å². The lowest BCUT2D eigenvalue weighted by molar-refractivity contribution is 0.0959. The molecule has 0 saturated heterocycles. The quantitative estimate of drug-likeness (QED) is 0.785. The molecule has 1 aromatic heterocycles. The number of benzene rings is 1. The zero-order valence-corrected chi connectivity index (χ0v) is 15.4. The van der Waals surface area contributed by atoms with Gasteiger partial charge in [0, 0.05) is 18.0 Å². The van der Waals surface area contributed by atoms with E-state index >= 15 is 0 Å². The predicted molar refractivity (Wildman–Crippen MR) is 94.1 cm³/mol. The molecular weight excluding hydrogens is 348 g/mol. The lowest BCUT2D eigenvalue weighted by Gasteiger charge is -2.07. The van der Waals surface area contributed by atoms with Crippen LogP contribution in [0, 0.1) is 6.92 Å². The molecule has 130 valence electrons. The number of hydrogen-bond acceptors (Lipinski definition) is 5. The number of hydrogen-bond donors (Lipinski definition) is 2. The molecule has 0 atom stereocenters. The van der Waals surface area contributed by atoms with Crippen LogP contribution < -0.4 is 14.8 Å². The SMILES string of the molecule is CCNC(=O)c1cc(S(=O)(=O)NCc2ccc(OC)cc2)c(C)s1. The van der Waals surface area contributed by atoms with Crippen LogP contribution in [-0.4, -0.2) is 28.0 Å². The van der Waals surface area contributed by atoms with Crippen molar-refractivity contribution < 1.29 is 17.9 Å². The number of ether oxygens (including phenoxy) is 1. The van der Waals surface area contributed by atoms with E-state index in [1.165, 1.54) is 17.4 Å². The Kier molecular flexibility index (Phi) is 5.98. The van der Waals surface area contributed by atoms with E-state index in [0.717, 1.165) is 5.56 Å². The monoisotopic (exact) mass is 368 g/mol. The zero-order valence-electron chi connectivity index (χ0n) is 13.8. The van der Waals surface area contributed by atoms with Gasteiger partial charge in [0.2, 0.25) is 10.0 Å². The van der Waals surface area contributed by atoms with E-state index in [1.807, 2.05) is 6.92 Å². The molecule has 2 N–H and O–H groups in total. The first-order valence-corrected chi connectivity index (χ1v) is 9.68. The Morgan fingerprint density at radius 2 is 1.92 bits per heavy atom. The van der Waals surface area contributed by atoms with Crippen LogP contribution in [0.2, 0.25) is 0 Å². The van der Waals surface area contributed by atoms with E-state index in [1.54, 1.807) is 38.3 Å². The van der Waals surface area contributed by atoms with Crippen LogP contribution >= 0.6 is 11.3 Å². The number of carbonyl (C=O) groups is 1. The van der Waals surface area contributed by atoms with E-state index in [-0.39, 0.29) is 17.3 Å². The summed E-state index contributed by atoms with van der Waals surface area (Å²) in [6.45, 7) is 4.16. The Hall–Kier alpha value is -1.90. The third kappa shape index (κ3) is 4.34. The molecule has 8 heteroatoms. The van der Waals surface area contributed by atoms with E-state index < -0.39 is 10.0 Å². The molecule has 0 fully saturated rings. The number of sulfonamides is 1. The van der Waals surface area contributed by atoms with Crippen molar-refractivity contribution in [1.29, 1.82) is 0 Å². The number of rotatable bonds is 7. The highest BCUT2D eigenvalue weighted by Crippen LogP contribution is 2.26. The molecule has 0 bridgehead atoms. The second-order valence-electron chi connectivity index (χ2n) is 5.06. The first kappa shape index (κ1) is 18.4. The van der Waals surface area contributed by atoms with Gasteiger partial charge in [-0.3, -0.25) is 4.79 Å². The molecule has 1 heterocycles. The van der Waals surface area contributed by atoms with Crippen molar-refractivity contribution in [1.82, 2.24) is 10.0 Å². The maximum absolute atomic E-state index is 12.5. The van der Waals surface area contributed by atoms with Gasteiger partial charge in [-0.05, 0) is 37.6 Å². The van der Waals surface area contributed by atoms with Crippen LogP contribution in [0.1, 0.15) is 27.0 Å². The minimum absolute atomic E-state index is 0.141. The second-order valence-corrected chi connectivity index (χ2v) is 8.05. The third-order valence-electron chi connectivity index (χ3n) is 3.35. The van der Waals surface area contributed by atoms with Crippen LogP contribution in [0.4, 0.5) is 0 Å². The van der Waals surface area contributed by atoms with Gasteiger partial charge >= 0.3 is 0 Å². The summed E-state index contributed by atoms with van der Waals surface area (Å²) >= 11 is 1.17. The van der Waals surface area contributed by atoms with Gasteiger partial charge in [0.05, 0.1) is 16.9 Å². The summed E-state index contributed by atoms with van der Waals surface area (Å²) in [7, 11) is -2.11. The average Bonchev–Trinajstić information content (AvgIpc) is 2.97. The number of nitrogens with one attached hydrogen (secondary N) is 2. The van der Waals surface area contributed by atoms with Crippen molar-refractivity contribution in [3.63, 3.8) is 0 Å². The molecule has 0 aliphatic heterocycles. The van der Waals surface area contributed by atoms with E-state index in [2.05, 4.69) is 10.0 Å². The minimum atomic E-state index is -3.68. The predicted octanol–water partition coefficient (Wildman–Crippen LogP) is 2.29. The van der Waals surface area contributed by atoms with E-state index in [4.69, 9.17) is 4.74 Å². The molecule has 0 aliphatic rings. The summed E-state index contributed by atoms with van der Waals surface area (Å²) in [5.74, 6) is 0.448. The topological polar surface area (TPSA) is 84.5 Å². The smallest absolute Gasteiger partial charge is 0.261 e. The van der Waals surface area contributed by atoms with Gasteiger partial charge in [-0.1, -0.05) is 12.1 Å². The first-order chi connectivity index (χ1) is 11.4. The Bertz CT molecular complexity index is 811. The molecule has 1 aromatic carbocycles. The van der Waals surface area contributed by atoms with Crippen molar-refractivity contribution in [3.8, 4) is 5.75 Å². The Morgan fingerprint density at radius 1 is 1.25 bits per heavy atom. The van der Waals surface area contributed by atoms with Crippen LogP contribution in [0.3, 0.4) is 0 Å². The standard InChI is InChI=1S/C16H20N2O4S2/c1-4-17-16(19)14-9-15(11(2)23-14)24(20,21)18-10-12-5-7-13(22-3)8-6-12/h5-9,18H,4,10H2,1-3H3,(H,17,19). The summed E-state index contributed by atoms with van der Waals surface area (Å²) in [6.07, 6.45) is 0. The van der Waals surface area contributed by atoms with E-state index in [0.29, 0.717) is 22.0 Å². The van der Waals surface area contributed by atoms with Crippen molar-refractivity contribution in [2.24, 2.45) is 0 Å². The maximum atomic E-state index is 12.5. The molecule has 0 saturated carbocycles. The maximum Gasteiger partial charge on any atom is 0.261 e. The molecule has 0 aliphatic carbocycles. The fourth-order valence-electron chi connectivity index (χ4n) is 2.09. The van der Waals surface area contributed by atoms with Crippen LogP contribution in [0.5, 0.6) is 5.75 Å². The largest absolute Gasteiger partial charge is 0.497 e. The molecule has 24 heavy (non-hydrogen) atoms. The highest BCUT2D eigenvalue weighted by Gasteiger charge is 2.22. The highest BCUT2D eigenvalue weighted by atomic mass is 32.2. The van der Waals surface area contributed by atoms with Crippen molar-refractivity contribution in [2.45, 2.75) is 25.3 Å². The van der Waals surface area contributed by atoms with Gasteiger partial charge in [0.1, 0.15) is 5.75 Å². The fraction of sp³-hybridized carbons (Fsp3) is 0.312. The van der Waals surface area contributed by atoms with Gasteiger partial charge in [-0.15, -0.1) is 11.3 Å². The van der Waals surface area contributed by atoms with Gasteiger partial charge < -0.3 is 10.1 Å². The highest BCUT2D eigenvalue weighted by molar-refractivity contribution is 7.89. The molecule has 1 amide bonds. The third-order valence-corrected chi connectivity index (χ3v) is 6.05. The summed E-state index contributed by atoms with van der Waals surface area (Å²) in [6, 6.07) is 8.55. The lowest BCUT2D eigenvalue weighted by Crippen LogP contribution is -2.24. The first-order valence-electron chi connectivity index (χ1n) is 7.38. The second kappa shape index (κ2) is 7.78. The Morgan fingerprint density at radius 3 is 2.50 bits per heavy atom. The summed E-state index contributed by atoms with van der Waals surface area (Å²) in [5.41, 5.74) is 0.816. The van der Waals surface area contributed by atoms with Gasteiger partial charge in [-0.25, -0.2) is 13.1 Å². The normalized spacial score (nSPS) is 11.3. The van der Waals surface area contributed by atoms with E-state index in [9.17, 15) is 13.2 Å². The van der Waals surface area contributed by atoms with Gasteiger partial charge in [0.25, 0.3) is 5.91 Å². The van der Waals surface area contributed by atoms with Crippen molar-refractivity contribution in [2.75, 3.05) is 13.7 Å². The van der Waals surface area contributed by atoms with Crippen molar-refractivity contribution in [3.05, 3.63) is 45.6 Å². The van der Waals surface area contributed by atoms with Crippen LogP contribution in [0.15, 0.2) is 35.2 Å². The minimum Gasteiger partial charge on any atom is -0.497 e. The fourth-order valence-corrected chi connectivity index (χ4v) is 4.61. The zero-order chi connectivity index (χ0) is 17.7. The summed E-state index contributed by atoms with van der Waals surface area (Å²) in [4.78, 5) is 13.0. The summed E-state index contributed by atoms with van der Waals surface area (Å²) in [5, 5.41) is 2.67. The molecule has 2 aromatic rings. The number of aryl methyl sites for hydroxylation is 1. The number of methoxy groups -OCH3 is 1. The Labute approximate surface area is 145 Å². The molecule has 6 nitrogen and oxygen atoms in total. The number of amides is 1. The Balaban J connectivity index is 2.13. The molecular formula is C16H20N2O4S2. The summed E-state index contributed by atoms with van der Waals surface area (Å²) < 4.78 is 32.6. The lowest BCUT2D eigenvalue weighted by atomic mass is 10.2. The number of thiophene rings is 1. The van der Waals surface area contributed by atoms with Gasteiger partial charge in [0.15, 0.2) is 0 Å². The number of carbonyl (C=O) groups excluding carboxylic acids is 1. The van der Waals surface area contributed by atoms with Crippen molar-refractivity contribution >= 4 is 27.3 Å². The average molecular weight is 368 g/mol. The molecule has 2 rings (SSSR count). The molecule has 0 radical (unpaired) electrons. The molecule has 0 spiro atoms.